The Labute approximate surface area is 122 Å². The smallest absolute Gasteiger partial charge is 0.211 e. The second kappa shape index (κ2) is 4.96. The highest BCUT2D eigenvalue weighted by Crippen LogP contribution is 2.65. The number of piperidine rings is 1. The Morgan fingerprint density at radius 3 is 2.45 bits per heavy atom. The molecule has 0 amide bonds. The number of hydrogen-bond donors (Lipinski definition) is 2. The van der Waals surface area contributed by atoms with Gasteiger partial charge in [0, 0.05) is 12.1 Å². The average molecular weight is 298 g/mol. The molecule has 4 nitrogen and oxygen atoms in total. The molecule has 0 spiro atoms. The van der Waals surface area contributed by atoms with E-state index in [0.717, 1.165) is 31.2 Å². The summed E-state index contributed by atoms with van der Waals surface area (Å²) in [7, 11) is -3.07. The standard InChI is InChI=1S/C15H26N2O2S/c18-20(19,8-6-12-3-1-2-7-16-12)17-15-13-10-4-5-11(9-10)14(13)15/h10-17H,1-9H2. The molecule has 1 aliphatic heterocycles. The molecule has 2 N–H and O–H groups in total. The molecule has 4 fully saturated rings. The minimum absolute atomic E-state index is 0.297. The molecular weight excluding hydrogens is 272 g/mol. The van der Waals surface area contributed by atoms with E-state index in [1.165, 1.54) is 32.1 Å². The molecule has 1 heterocycles. The van der Waals surface area contributed by atoms with Crippen molar-refractivity contribution in [2.24, 2.45) is 23.7 Å². The van der Waals surface area contributed by atoms with Gasteiger partial charge in [0.05, 0.1) is 5.75 Å². The Hall–Kier alpha value is -0.130. The van der Waals surface area contributed by atoms with Gasteiger partial charge in [-0.05, 0) is 68.7 Å². The van der Waals surface area contributed by atoms with Crippen molar-refractivity contribution in [3.05, 3.63) is 0 Å². The quantitative estimate of drug-likeness (QED) is 0.808. The molecule has 4 aliphatic rings. The molecule has 2 bridgehead atoms. The molecule has 0 aromatic heterocycles. The Morgan fingerprint density at radius 2 is 1.80 bits per heavy atom. The number of fused-ring (bicyclic) bond motifs is 5. The summed E-state index contributed by atoms with van der Waals surface area (Å²) >= 11 is 0. The van der Waals surface area contributed by atoms with Crippen LogP contribution in [0.3, 0.4) is 0 Å². The van der Waals surface area contributed by atoms with E-state index in [9.17, 15) is 8.42 Å². The third kappa shape index (κ3) is 2.42. The SMILES string of the molecule is O=S(=O)(CCC1CCCCN1)NC1C2C3CCC(C3)C12. The lowest BCUT2D eigenvalue weighted by atomic mass is 10.0. The maximum absolute atomic E-state index is 12.2. The zero-order chi connectivity index (χ0) is 13.7. The van der Waals surface area contributed by atoms with Crippen molar-refractivity contribution >= 4 is 10.0 Å². The van der Waals surface area contributed by atoms with Crippen molar-refractivity contribution in [1.82, 2.24) is 10.0 Å². The summed E-state index contributed by atoms with van der Waals surface area (Å²) in [4.78, 5) is 0. The van der Waals surface area contributed by atoms with Gasteiger partial charge in [0.1, 0.15) is 0 Å². The molecule has 3 aliphatic carbocycles. The van der Waals surface area contributed by atoms with Gasteiger partial charge in [-0.3, -0.25) is 0 Å². The largest absolute Gasteiger partial charge is 0.314 e. The highest BCUT2D eigenvalue weighted by atomic mass is 32.2. The number of hydrogen-bond acceptors (Lipinski definition) is 3. The molecule has 5 heteroatoms. The highest BCUT2D eigenvalue weighted by molar-refractivity contribution is 7.89. The van der Waals surface area contributed by atoms with Crippen LogP contribution in [0.25, 0.3) is 0 Å². The predicted octanol–water partition coefficient (Wildman–Crippen LogP) is 1.48. The second-order valence-corrected chi connectivity index (χ2v) is 9.26. The number of sulfonamides is 1. The topological polar surface area (TPSA) is 58.2 Å². The van der Waals surface area contributed by atoms with Crippen LogP contribution >= 0.6 is 0 Å². The van der Waals surface area contributed by atoms with Crippen molar-refractivity contribution in [2.45, 2.75) is 57.0 Å². The highest BCUT2D eigenvalue weighted by Gasteiger charge is 2.65. The van der Waals surface area contributed by atoms with Crippen LogP contribution in [-0.2, 0) is 10.0 Å². The molecular formula is C15H26N2O2S. The van der Waals surface area contributed by atoms with Gasteiger partial charge in [-0.15, -0.1) is 0 Å². The van der Waals surface area contributed by atoms with Gasteiger partial charge >= 0.3 is 0 Å². The fourth-order valence-corrected chi connectivity index (χ4v) is 6.66. The fraction of sp³-hybridized carbons (Fsp3) is 1.00. The molecule has 0 aromatic rings. The Bertz CT molecular complexity index is 456. The lowest BCUT2D eigenvalue weighted by molar-refractivity contribution is 0.392. The first kappa shape index (κ1) is 13.5. The summed E-state index contributed by atoms with van der Waals surface area (Å²) in [5.74, 6) is 3.35. The molecule has 4 rings (SSSR count). The third-order valence-corrected chi connectivity index (χ3v) is 7.60. The predicted molar refractivity (Wildman–Crippen MR) is 78.8 cm³/mol. The van der Waals surface area contributed by atoms with Gasteiger partial charge in [-0.25, -0.2) is 13.1 Å². The Kier molecular flexibility index (Phi) is 3.35. The maximum atomic E-state index is 12.2. The summed E-state index contributed by atoms with van der Waals surface area (Å²) in [6.45, 7) is 1.05. The second-order valence-electron chi connectivity index (χ2n) is 7.39. The van der Waals surface area contributed by atoms with Gasteiger partial charge in [-0.1, -0.05) is 6.42 Å². The van der Waals surface area contributed by atoms with Crippen molar-refractivity contribution in [3.63, 3.8) is 0 Å². The van der Waals surface area contributed by atoms with Crippen LogP contribution in [-0.4, -0.2) is 32.8 Å². The molecule has 0 aromatic carbocycles. The fourth-order valence-electron chi connectivity index (χ4n) is 5.22. The van der Waals surface area contributed by atoms with Crippen LogP contribution in [0.2, 0.25) is 0 Å². The van der Waals surface area contributed by atoms with Crippen LogP contribution in [0.1, 0.15) is 44.9 Å². The molecule has 0 radical (unpaired) electrons. The van der Waals surface area contributed by atoms with Crippen LogP contribution in [0.15, 0.2) is 0 Å². The van der Waals surface area contributed by atoms with Gasteiger partial charge in [-0.2, -0.15) is 0 Å². The lowest BCUT2D eigenvalue weighted by Gasteiger charge is -2.23. The van der Waals surface area contributed by atoms with Crippen LogP contribution in [0, 0.1) is 23.7 Å². The van der Waals surface area contributed by atoms with E-state index in [4.69, 9.17) is 0 Å². The third-order valence-electron chi connectivity index (χ3n) is 6.20. The van der Waals surface area contributed by atoms with Crippen molar-refractivity contribution < 1.29 is 8.42 Å². The van der Waals surface area contributed by atoms with E-state index in [2.05, 4.69) is 10.0 Å². The zero-order valence-electron chi connectivity index (χ0n) is 12.1. The van der Waals surface area contributed by atoms with Crippen LogP contribution < -0.4 is 10.0 Å². The number of rotatable bonds is 5. The normalized spacial score (nSPS) is 46.4. The maximum Gasteiger partial charge on any atom is 0.211 e. The first-order valence-corrected chi connectivity index (χ1v) is 10.0. The molecule has 3 saturated carbocycles. The van der Waals surface area contributed by atoms with Crippen LogP contribution in [0.5, 0.6) is 0 Å². The monoisotopic (exact) mass is 298 g/mol. The van der Waals surface area contributed by atoms with E-state index in [1.807, 2.05) is 0 Å². The van der Waals surface area contributed by atoms with E-state index in [1.54, 1.807) is 0 Å². The van der Waals surface area contributed by atoms with E-state index in [0.29, 0.717) is 29.7 Å². The summed E-state index contributed by atoms with van der Waals surface area (Å²) in [6.07, 6.45) is 8.43. The van der Waals surface area contributed by atoms with Gasteiger partial charge in [0.15, 0.2) is 0 Å². The Balaban J connectivity index is 1.28. The van der Waals surface area contributed by atoms with Crippen molar-refractivity contribution in [1.29, 1.82) is 0 Å². The molecule has 5 unspecified atom stereocenters. The summed E-state index contributed by atoms with van der Waals surface area (Å²) in [5, 5.41) is 3.43. The molecule has 1 saturated heterocycles. The number of nitrogens with one attached hydrogen (secondary N) is 2. The minimum Gasteiger partial charge on any atom is -0.314 e. The summed E-state index contributed by atoms with van der Waals surface area (Å²) < 4.78 is 27.5. The minimum atomic E-state index is -3.07. The molecule has 114 valence electrons. The zero-order valence-corrected chi connectivity index (χ0v) is 12.9. The van der Waals surface area contributed by atoms with Gasteiger partial charge in [0.2, 0.25) is 10.0 Å². The van der Waals surface area contributed by atoms with Crippen molar-refractivity contribution in [2.75, 3.05) is 12.3 Å². The van der Waals surface area contributed by atoms with E-state index in [-0.39, 0.29) is 0 Å². The first-order chi connectivity index (χ1) is 9.64. The molecule has 20 heavy (non-hydrogen) atoms. The van der Waals surface area contributed by atoms with E-state index < -0.39 is 10.0 Å². The Morgan fingerprint density at radius 1 is 1.05 bits per heavy atom. The average Bonchev–Trinajstić information content (AvgIpc) is 2.85. The molecule has 5 atom stereocenters. The van der Waals surface area contributed by atoms with Gasteiger partial charge in [0.25, 0.3) is 0 Å². The van der Waals surface area contributed by atoms with E-state index >= 15 is 0 Å². The van der Waals surface area contributed by atoms with Crippen LogP contribution in [0.4, 0.5) is 0 Å². The van der Waals surface area contributed by atoms with Crippen molar-refractivity contribution in [3.8, 4) is 0 Å². The summed E-state index contributed by atoms with van der Waals surface area (Å²) in [6, 6.07) is 0.709. The first-order valence-electron chi connectivity index (χ1n) is 8.37. The van der Waals surface area contributed by atoms with Gasteiger partial charge < -0.3 is 5.32 Å². The lowest BCUT2D eigenvalue weighted by Crippen LogP contribution is -2.38. The summed E-state index contributed by atoms with van der Waals surface area (Å²) in [5.41, 5.74) is 0.